The van der Waals surface area contributed by atoms with Gasteiger partial charge in [0.25, 0.3) is 0 Å². The van der Waals surface area contributed by atoms with Gasteiger partial charge >= 0.3 is 0 Å². The number of hydrogen-bond acceptors (Lipinski definition) is 8. The van der Waals surface area contributed by atoms with Gasteiger partial charge in [-0.3, -0.25) is 9.59 Å². The lowest BCUT2D eigenvalue weighted by molar-refractivity contribution is -0.299. The molecule has 3 N–H and O–H groups in total. The van der Waals surface area contributed by atoms with Crippen molar-refractivity contribution in [2.75, 3.05) is 34.2 Å². The Morgan fingerprint density at radius 2 is 1.71 bits per heavy atom. The zero-order chi connectivity index (χ0) is 31.5. The second kappa shape index (κ2) is 14.1. The Morgan fingerprint density at radius 1 is 1.10 bits per heavy atom. The van der Waals surface area contributed by atoms with E-state index >= 15 is 0 Å². The molecule has 2 heterocycles. The van der Waals surface area contributed by atoms with Crippen molar-refractivity contribution in [3.63, 3.8) is 0 Å². The molecule has 2 saturated heterocycles. The summed E-state index contributed by atoms with van der Waals surface area (Å²) in [5.74, 6) is -3.06. The van der Waals surface area contributed by atoms with Crippen LogP contribution in [0.25, 0.3) is 0 Å². The maximum Gasteiger partial charge on any atom is 0.241 e. The fourth-order valence-electron chi connectivity index (χ4n) is 6.47. The Kier molecular flexibility index (Phi) is 11.5. The van der Waals surface area contributed by atoms with Gasteiger partial charge in [0.1, 0.15) is 18.5 Å². The number of halogens is 1. The predicted molar refractivity (Wildman–Crippen MR) is 156 cm³/mol. The lowest BCUT2D eigenvalue weighted by atomic mass is 9.77. The molecule has 10 atom stereocenters. The van der Waals surface area contributed by atoms with E-state index in [9.17, 15) is 29.3 Å². The Balaban J connectivity index is 1.97. The Morgan fingerprint density at radius 3 is 2.31 bits per heavy atom. The van der Waals surface area contributed by atoms with Gasteiger partial charge in [-0.2, -0.15) is 0 Å². The molecule has 42 heavy (non-hydrogen) atoms. The summed E-state index contributed by atoms with van der Waals surface area (Å²) in [6, 6.07) is 5.47. The first-order valence-corrected chi connectivity index (χ1v) is 14.8. The highest BCUT2D eigenvalue weighted by Gasteiger charge is 2.48. The van der Waals surface area contributed by atoms with Crippen molar-refractivity contribution in [1.82, 2.24) is 14.7 Å². The largest absolute Gasteiger partial charge is 0.392 e. The summed E-state index contributed by atoms with van der Waals surface area (Å²) < 4.78 is 25.9. The number of aliphatic hydroxyl groups excluding tert-OH is 2. The molecule has 2 amide bonds. The van der Waals surface area contributed by atoms with Gasteiger partial charge in [-0.15, -0.1) is 0 Å². The predicted octanol–water partition coefficient (Wildman–Crippen LogP) is 1.85. The van der Waals surface area contributed by atoms with Crippen molar-refractivity contribution in [3.8, 4) is 0 Å². The van der Waals surface area contributed by atoms with Gasteiger partial charge in [0.05, 0.1) is 29.8 Å². The second-order valence-corrected chi connectivity index (χ2v) is 13.0. The summed E-state index contributed by atoms with van der Waals surface area (Å²) >= 11 is 0. The first-order chi connectivity index (χ1) is 19.5. The summed E-state index contributed by atoms with van der Waals surface area (Å²) in [7, 11) is 5.39. The van der Waals surface area contributed by atoms with Gasteiger partial charge in [0.2, 0.25) is 11.8 Å². The smallest absolute Gasteiger partial charge is 0.241 e. The number of ether oxygens (including phenoxy) is 2. The van der Waals surface area contributed by atoms with Gasteiger partial charge in [-0.1, -0.05) is 32.9 Å². The van der Waals surface area contributed by atoms with E-state index in [1.807, 2.05) is 32.8 Å². The van der Waals surface area contributed by atoms with Gasteiger partial charge < -0.3 is 39.5 Å². The number of carbonyl (C=O) groups is 2. The van der Waals surface area contributed by atoms with Crippen LogP contribution in [0.3, 0.4) is 0 Å². The van der Waals surface area contributed by atoms with E-state index in [0.717, 1.165) is 0 Å². The molecular formula is C31H50FN3O7. The molecule has 0 unspecified atom stereocenters. The minimum Gasteiger partial charge on any atom is -0.392 e. The van der Waals surface area contributed by atoms with Crippen LogP contribution < -0.4 is 0 Å². The molecule has 2 aliphatic heterocycles. The number of benzene rings is 1. The van der Waals surface area contributed by atoms with E-state index in [1.54, 1.807) is 40.0 Å². The molecule has 0 spiro atoms. The average molecular weight is 596 g/mol. The van der Waals surface area contributed by atoms with E-state index in [4.69, 9.17) is 9.47 Å². The molecule has 2 aliphatic rings. The zero-order valence-electron chi connectivity index (χ0n) is 26.2. The highest BCUT2D eigenvalue weighted by Crippen LogP contribution is 2.35. The standard InChI is InChI=1S/C31H50FN3O7/c1-18-14-31(5,40)28(42-30-27(38)24(33(6)7)13-19(2)41-30)20(3)26(37)21(4)29(39)35(17-25(36)34(8)15-18)16-22-9-11-23(32)12-10-22/h9-12,18-21,24,26-28,30,37-38,40H,13-17H2,1-8H3/t18-,19-,20+,21-,24+,26+,27-,28-,30+,31-/m1/s1. The highest BCUT2D eigenvalue weighted by molar-refractivity contribution is 5.86. The van der Waals surface area contributed by atoms with Crippen LogP contribution in [0.2, 0.25) is 0 Å². The fraction of sp³-hybridized carbons (Fsp3) is 0.742. The first kappa shape index (κ1) is 34.3. The van der Waals surface area contributed by atoms with Crippen molar-refractivity contribution in [1.29, 1.82) is 0 Å². The molecule has 0 aromatic heterocycles. The van der Waals surface area contributed by atoms with Crippen molar-refractivity contribution < 1.29 is 38.8 Å². The maximum atomic E-state index is 13.8. The normalized spacial score (nSPS) is 37.8. The number of carbonyl (C=O) groups excluding carboxylic acids is 2. The summed E-state index contributed by atoms with van der Waals surface area (Å²) in [5.41, 5.74) is -0.865. The lowest BCUT2D eigenvalue weighted by Crippen LogP contribution is -2.59. The van der Waals surface area contributed by atoms with Gasteiger partial charge in [0.15, 0.2) is 6.29 Å². The summed E-state index contributed by atoms with van der Waals surface area (Å²) in [4.78, 5) is 31.9. The van der Waals surface area contributed by atoms with Crippen LogP contribution in [0.1, 0.15) is 53.0 Å². The van der Waals surface area contributed by atoms with Crippen LogP contribution in [0.4, 0.5) is 4.39 Å². The highest BCUT2D eigenvalue weighted by atomic mass is 19.1. The van der Waals surface area contributed by atoms with Crippen molar-refractivity contribution in [3.05, 3.63) is 35.6 Å². The molecule has 0 saturated carbocycles. The van der Waals surface area contributed by atoms with E-state index in [2.05, 4.69) is 0 Å². The third-order valence-corrected chi connectivity index (χ3v) is 8.79. The van der Waals surface area contributed by atoms with Gasteiger partial charge in [-0.25, -0.2) is 4.39 Å². The van der Waals surface area contributed by atoms with Crippen LogP contribution in [0.5, 0.6) is 0 Å². The number of hydrogen-bond donors (Lipinski definition) is 3. The van der Waals surface area contributed by atoms with Crippen LogP contribution >= 0.6 is 0 Å². The van der Waals surface area contributed by atoms with E-state index in [0.29, 0.717) is 18.5 Å². The van der Waals surface area contributed by atoms with Crippen LogP contribution in [-0.4, -0.2) is 118 Å². The number of rotatable bonds is 5. The minimum absolute atomic E-state index is 0.0588. The molecule has 0 bridgehead atoms. The SMILES string of the molecule is C[C@H]1CN(C)C(=O)CN(Cc2ccc(F)cc2)C(=O)[C@H](C)[C@@H](O)[C@H](C)[C@@H](O[C@@H]2O[C@H](C)C[C@H](N(C)C)[C@H]2O)[C@](C)(O)C1. The van der Waals surface area contributed by atoms with Crippen molar-refractivity contribution in [2.24, 2.45) is 17.8 Å². The summed E-state index contributed by atoms with van der Waals surface area (Å²) in [5, 5.41) is 34.6. The van der Waals surface area contributed by atoms with E-state index in [1.165, 1.54) is 21.9 Å². The molecule has 10 nitrogen and oxygen atoms in total. The second-order valence-electron chi connectivity index (χ2n) is 13.0. The molecule has 2 fully saturated rings. The molecule has 11 heteroatoms. The zero-order valence-corrected chi connectivity index (χ0v) is 26.2. The van der Waals surface area contributed by atoms with Crippen LogP contribution in [-0.2, 0) is 25.6 Å². The monoisotopic (exact) mass is 595 g/mol. The van der Waals surface area contributed by atoms with Crippen LogP contribution in [0, 0.1) is 23.6 Å². The average Bonchev–Trinajstić information content (AvgIpc) is 2.91. The Hall–Kier alpha value is -2.15. The van der Waals surface area contributed by atoms with Gasteiger partial charge in [0, 0.05) is 32.1 Å². The number of nitrogens with zero attached hydrogens (tertiary/aromatic N) is 3. The maximum absolute atomic E-state index is 13.8. The Labute approximate surface area is 249 Å². The molecule has 0 aliphatic carbocycles. The minimum atomic E-state index is -1.51. The van der Waals surface area contributed by atoms with E-state index < -0.39 is 53.8 Å². The molecule has 0 radical (unpaired) electrons. The number of amides is 2. The topological polar surface area (TPSA) is 123 Å². The third kappa shape index (κ3) is 8.27. The molecule has 1 aromatic rings. The quantitative estimate of drug-likeness (QED) is 0.472. The molecular weight excluding hydrogens is 545 g/mol. The molecule has 3 rings (SSSR count). The summed E-state index contributed by atoms with van der Waals surface area (Å²) in [6.45, 7) is 8.88. The lowest BCUT2D eigenvalue weighted by Gasteiger charge is -2.46. The Bertz CT molecular complexity index is 1060. The molecule has 1 aromatic carbocycles. The van der Waals surface area contributed by atoms with Crippen molar-refractivity contribution >= 4 is 11.8 Å². The number of likely N-dealkylation sites (N-methyl/N-ethyl adjacent to an activating group) is 2. The number of aliphatic hydroxyl groups is 3. The van der Waals surface area contributed by atoms with Crippen LogP contribution in [0.15, 0.2) is 24.3 Å². The summed E-state index contributed by atoms with van der Waals surface area (Å²) in [6.07, 6.45) is -3.76. The van der Waals surface area contributed by atoms with Crippen molar-refractivity contribution in [2.45, 2.75) is 96.4 Å². The van der Waals surface area contributed by atoms with Gasteiger partial charge in [-0.05, 0) is 64.4 Å². The third-order valence-electron chi connectivity index (χ3n) is 8.79. The van der Waals surface area contributed by atoms with E-state index in [-0.39, 0.29) is 43.5 Å². The first-order valence-electron chi connectivity index (χ1n) is 14.8. The fourth-order valence-corrected chi connectivity index (χ4v) is 6.47. The molecule has 238 valence electrons.